The summed E-state index contributed by atoms with van der Waals surface area (Å²) >= 11 is 0. The molecule has 3 saturated carbocycles. The van der Waals surface area contributed by atoms with Gasteiger partial charge in [0.25, 0.3) is 0 Å². The fourth-order valence-corrected chi connectivity index (χ4v) is 11.3. The number of ketones is 1. The fourth-order valence-electron chi connectivity index (χ4n) is 11.3. The van der Waals surface area contributed by atoms with Crippen LogP contribution in [0.15, 0.2) is 28.7 Å². The second-order valence-electron chi connectivity index (χ2n) is 16.1. The predicted octanol–water partition coefficient (Wildman–Crippen LogP) is 6.36. The lowest BCUT2D eigenvalue weighted by Crippen LogP contribution is -2.65. The van der Waals surface area contributed by atoms with Crippen LogP contribution in [-0.4, -0.2) is 31.1 Å². The Hall–Kier alpha value is -2.31. The normalized spacial score (nSPS) is 43.8. The van der Waals surface area contributed by atoms with Crippen LogP contribution in [0.5, 0.6) is 0 Å². The topological polar surface area (TPSA) is 86.7 Å². The zero-order chi connectivity index (χ0) is 27.6. The molecule has 0 radical (unpaired) electrons. The van der Waals surface area contributed by atoms with Crippen LogP contribution in [-0.2, 0) is 23.2 Å². The van der Waals surface area contributed by atoms with Gasteiger partial charge in [-0.15, -0.1) is 5.10 Å². The van der Waals surface area contributed by atoms with Gasteiger partial charge in [0.1, 0.15) is 12.1 Å². The van der Waals surface area contributed by atoms with Crippen LogP contribution in [0.2, 0.25) is 0 Å². The lowest BCUT2D eigenvalue weighted by Gasteiger charge is -2.69. The summed E-state index contributed by atoms with van der Waals surface area (Å²) in [7, 11) is 0. The Morgan fingerprint density at radius 3 is 2.54 bits per heavy atom. The predicted molar refractivity (Wildman–Crippen MR) is 147 cm³/mol. The van der Waals surface area contributed by atoms with E-state index in [1.165, 1.54) is 17.6 Å². The quantitative estimate of drug-likeness (QED) is 0.448. The van der Waals surface area contributed by atoms with Crippen molar-refractivity contribution in [2.75, 3.05) is 0 Å². The van der Waals surface area contributed by atoms with Crippen LogP contribution in [0.4, 0.5) is 0 Å². The van der Waals surface area contributed by atoms with Crippen molar-refractivity contribution in [3.8, 4) is 0 Å². The van der Waals surface area contributed by atoms with Gasteiger partial charge in [-0.1, -0.05) is 59.2 Å². The van der Waals surface area contributed by atoms with Gasteiger partial charge in [0, 0.05) is 16.9 Å². The Bertz CT molecular complexity index is 1360. The molecule has 3 fully saturated rings. The number of tetrazole rings is 1. The van der Waals surface area contributed by atoms with Crippen molar-refractivity contribution in [1.82, 2.24) is 25.4 Å². The minimum Gasteiger partial charge on any atom is -0.361 e. The van der Waals surface area contributed by atoms with E-state index in [0.717, 1.165) is 57.3 Å². The monoisotopic (exact) mass is 531 g/mol. The van der Waals surface area contributed by atoms with E-state index in [1.807, 2.05) is 10.9 Å². The number of fused-ring (bicyclic) bond motifs is 8. The molecule has 0 aliphatic heterocycles. The molecule has 0 N–H and O–H groups in total. The van der Waals surface area contributed by atoms with Crippen LogP contribution in [0.1, 0.15) is 105 Å². The summed E-state index contributed by atoms with van der Waals surface area (Å²) in [5, 5.41) is 16.4. The van der Waals surface area contributed by atoms with Gasteiger partial charge in [-0.25, -0.2) is 4.68 Å². The Kier molecular flexibility index (Phi) is 5.06. The van der Waals surface area contributed by atoms with Crippen molar-refractivity contribution >= 4 is 5.78 Å². The number of allylic oxidation sites excluding steroid dienone is 2. The second-order valence-corrected chi connectivity index (χ2v) is 16.1. The Morgan fingerprint density at radius 1 is 1.03 bits per heavy atom. The van der Waals surface area contributed by atoms with Crippen molar-refractivity contribution in [1.29, 1.82) is 0 Å². The van der Waals surface area contributed by atoms with Gasteiger partial charge in [0.15, 0.2) is 5.78 Å². The van der Waals surface area contributed by atoms with E-state index >= 15 is 0 Å². The number of carbonyl (C=O) groups is 1. The van der Waals surface area contributed by atoms with Gasteiger partial charge in [0.05, 0.1) is 12.7 Å². The van der Waals surface area contributed by atoms with Gasteiger partial charge in [-0.3, -0.25) is 4.79 Å². The first-order valence-corrected chi connectivity index (χ1v) is 15.2. The highest BCUT2D eigenvalue weighted by atomic mass is 16.5. The molecule has 7 atom stereocenters. The molecule has 7 nitrogen and oxygen atoms in total. The van der Waals surface area contributed by atoms with E-state index in [4.69, 9.17) is 4.52 Å². The van der Waals surface area contributed by atoms with Gasteiger partial charge < -0.3 is 4.52 Å². The maximum absolute atomic E-state index is 14.7. The molecule has 0 saturated heterocycles. The maximum Gasteiger partial charge on any atom is 0.159 e. The van der Waals surface area contributed by atoms with Crippen molar-refractivity contribution in [3.63, 3.8) is 0 Å². The first-order valence-electron chi connectivity index (χ1n) is 15.2. The standard InChI is InChI=1S/C32H45N5O2/c1-27(2)10-12-32(18-37-19-33-35-36-37)13-11-31(7)25(21(32)16-27)22(38)14-24-29(5)15-20-17-34-39-26(20)28(3,4)23(29)8-9-30(24,31)6/h14,17,19,21,23,25H,8-13,15-16,18H2,1-7H3/t21-,23-,25-,29-,30+,31+,32+/m0/s1. The minimum absolute atomic E-state index is 0.00979. The highest BCUT2D eigenvalue weighted by Gasteiger charge is 2.70. The summed E-state index contributed by atoms with van der Waals surface area (Å²) in [6.07, 6.45) is 14.7. The molecule has 0 spiro atoms. The van der Waals surface area contributed by atoms with Gasteiger partial charge in [-0.2, -0.15) is 0 Å². The highest BCUT2D eigenvalue weighted by Crippen LogP contribution is 2.74. The molecule has 39 heavy (non-hydrogen) atoms. The highest BCUT2D eigenvalue weighted by molar-refractivity contribution is 5.95. The summed E-state index contributed by atoms with van der Waals surface area (Å²) in [6, 6.07) is 0. The summed E-state index contributed by atoms with van der Waals surface area (Å²) in [5.41, 5.74) is 2.68. The summed E-state index contributed by atoms with van der Waals surface area (Å²) in [6.45, 7) is 17.8. The van der Waals surface area contributed by atoms with Gasteiger partial charge in [0.2, 0.25) is 0 Å². The van der Waals surface area contributed by atoms with E-state index in [1.54, 1.807) is 6.33 Å². The molecular weight excluding hydrogens is 486 g/mol. The molecule has 210 valence electrons. The molecule has 0 bridgehead atoms. The van der Waals surface area contributed by atoms with Crippen molar-refractivity contribution in [2.24, 2.45) is 44.8 Å². The number of hydrogen-bond donors (Lipinski definition) is 0. The molecule has 2 aromatic rings. The summed E-state index contributed by atoms with van der Waals surface area (Å²) < 4.78 is 7.76. The third-order valence-corrected chi connectivity index (χ3v) is 13.4. The van der Waals surface area contributed by atoms with Crippen LogP contribution in [0, 0.1) is 44.8 Å². The Balaban J connectivity index is 1.36. The lowest BCUT2D eigenvalue weighted by molar-refractivity contribution is -0.174. The third-order valence-electron chi connectivity index (χ3n) is 13.4. The summed E-state index contributed by atoms with van der Waals surface area (Å²) in [4.78, 5) is 14.7. The molecule has 5 aliphatic carbocycles. The maximum atomic E-state index is 14.7. The average molecular weight is 532 g/mol. The number of rotatable bonds is 2. The van der Waals surface area contributed by atoms with Gasteiger partial charge >= 0.3 is 0 Å². The number of aromatic nitrogens is 5. The zero-order valence-corrected chi connectivity index (χ0v) is 24.9. The summed E-state index contributed by atoms with van der Waals surface area (Å²) in [5.74, 6) is 2.23. The van der Waals surface area contributed by atoms with Crippen molar-refractivity contribution in [3.05, 3.63) is 35.5 Å². The molecule has 7 rings (SSSR count). The first kappa shape index (κ1) is 25.6. The molecule has 2 aromatic heterocycles. The number of nitrogens with zero attached hydrogens (tertiary/aromatic N) is 5. The fraction of sp³-hybridized carbons (Fsp3) is 0.781. The van der Waals surface area contributed by atoms with Crippen LogP contribution in [0.3, 0.4) is 0 Å². The van der Waals surface area contributed by atoms with E-state index in [0.29, 0.717) is 17.6 Å². The average Bonchev–Trinajstić information content (AvgIpc) is 3.53. The number of hydrogen-bond acceptors (Lipinski definition) is 6. The second kappa shape index (κ2) is 7.70. The van der Waals surface area contributed by atoms with E-state index in [-0.39, 0.29) is 38.4 Å². The van der Waals surface area contributed by atoms with Crippen LogP contribution >= 0.6 is 0 Å². The SMILES string of the molecule is CC1(C)CC[C@]2(Cn3cnnn3)CC[C@]3(C)[C@H](C(=O)C=C4[C@@]5(C)Cc6cnoc6C(C)(C)[C@@H]5CC[C@]43C)[C@@H]2C1. The first-order chi connectivity index (χ1) is 18.3. The smallest absolute Gasteiger partial charge is 0.159 e. The largest absolute Gasteiger partial charge is 0.361 e. The van der Waals surface area contributed by atoms with E-state index in [2.05, 4.69) is 75.2 Å². The van der Waals surface area contributed by atoms with Crippen LogP contribution < -0.4 is 0 Å². The molecule has 5 aliphatic rings. The molecule has 7 heteroatoms. The zero-order valence-electron chi connectivity index (χ0n) is 24.9. The van der Waals surface area contributed by atoms with Crippen molar-refractivity contribution in [2.45, 2.75) is 112 Å². The lowest BCUT2D eigenvalue weighted by atomic mass is 9.34. The number of carbonyl (C=O) groups excluding carboxylic acids is 1. The molecule has 2 heterocycles. The third kappa shape index (κ3) is 3.19. The molecule has 0 unspecified atom stereocenters. The molecular formula is C32H45N5O2. The van der Waals surface area contributed by atoms with E-state index in [9.17, 15) is 4.79 Å². The Labute approximate surface area is 232 Å². The molecule has 0 aromatic carbocycles. The molecule has 0 amide bonds. The Morgan fingerprint density at radius 2 is 1.79 bits per heavy atom. The minimum atomic E-state index is -0.108. The van der Waals surface area contributed by atoms with E-state index < -0.39 is 0 Å². The van der Waals surface area contributed by atoms with Crippen molar-refractivity contribution < 1.29 is 9.32 Å². The van der Waals surface area contributed by atoms with Crippen LogP contribution in [0.25, 0.3) is 0 Å². The van der Waals surface area contributed by atoms with Gasteiger partial charge in [-0.05, 0) is 107 Å².